The van der Waals surface area contributed by atoms with E-state index in [-0.39, 0.29) is 12.4 Å². The van der Waals surface area contributed by atoms with Gasteiger partial charge < -0.3 is 14.8 Å². The summed E-state index contributed by atoms with van der Waals surface area (Å²) in [6, 6.07) is 11.0. The van der Waals surface area contributed by atoms with Crippen LogP contribution in [0.3, 0.4) is 0 Å². The summed E-state index contributed by atoms with van der Waals surface area (Å²) in [4.78, 5) is 0. The van der Waals surface area contributed by atoms with E-state index in [4.69, 9.17) is 9.47 Å². The van der Waals surface area contributed by atoms with E-state index in [9.17, 15) is 4.39 Å². The Morgan fingerprint density at radius 3 is 2.60 bits per heavy atom. The van der Waals surface area contributed by atoms with Gasteiger partial charge in [-0.1, -0.05) is 25.1 Å². The van der Waals surface area contributed by atoms with E-state index in [0.29, 0.717) is 29.7 Å². The van der Waals surface area contributed by atoms with Gasteiger partial charge in [0.15, 0.2) is 11.5 Å². The van der Waals surface area contributed by atoms with E-state index in [0.717, 1.165) is 23.0 Å². The highest BCUT2D eigenvalue weighted by atomic mass is 79.9. The summed E-state index contributed by atoms with van der Waals surface area (Å²) in [7, 11) is 0. The monoisotopic (exact) mass is 409 g/mol. The van der Waals surface area contributed by atoms with Gasteiger partial charge in [0, 0.05) is 18.2 Å². The maximum Gasteiger partial charge on any atom is 0.175 e. The predicted octanol–water partition coefficient (Wildman–Crippen LogP) is 5.45. The minimum absolute atomic E-state index is 0.149. The van der Waals surface area contributed by atoms with Crippen molar-refractivity contribution >= 4 is 15.9 Å². The molecule has 25 heavy (non-hydrogen) atoms. The van der Waals surface area contributed by atoms with Gasteiger partial charge in [0.1, 0.15) is 12.4 Å². The maximum absolute atomic E-state index is 13.8. The highest BCUT2D eigenvalue weighted by molar-refractivity contribution is 9.10. The third-order valence-corrected chi connectivity index (χ3v) is 4.56. The molecule has 2 aromatic carbocycles. The summed E-state index contributed by atoms with van der Waals surface area (Å²) in [5, 5.41) is 3.46. The van der Waals surface area contributed by atoms with E-state index in [2.05, 4.69) is 35.1 Å². The van der Waals surface area contributed by atoms with E-state index >= 15 is 0 Å². The Hall–Kier alpha value is -1.59. The predicted molar refractivity (Wildman–Crippen MR) is 103 cm³/mol. The summed E-state index contributed by atoms with van der Waals surface area (Å²) in [6.07, 6.45) is 1.07. The zero-order valence-corrected chi connectivity index (χ0v) is 16.5. The lowest BCUT2D eigenvalue weighted by Gasteiger charge is -2.17. The Morgan fingerprint density at radius 1 is 1.16 bits per heavy atom. The molecule has 0 aliphatic heterocycles. The summed E-state index contributed by atoms with van der Waals surface area (Å²) in [6.45, 7) is 7.67. The van der Waals surface area contributed by atoms with Crippen molar-refractivity contribution in [3.63, 3.8) is 0 Å². The van der Waals surface area contributed by atoms with Crippen LogP contribution in [0.15, 0.2) is 40.9 Å². The number of halogens is 2. The Morgan fingerprint density at radius 2 is 1.92 bits per heavy atom. The van der Waals surface area contributed by atoms with Crippen LogP contribution in [-0.2, 0) is 13.2 Å². The fourth-order valence-electron chi connectivity index (χ4n) is 2.33. The molecule has 0 aromatic heterocycles. The molecule has 136 valence electrons. The minimum atomic E-state index is -0.272. The van der Waals surface area contributed by atoms with Gasteiger partial charge in [-0.25, -0.2) is 4.39 Å². The van der Waals surface area contributed by atoms with Gasteiger partial charge in [0.25, 0.3) is 0 Å². The molecule has 0 heterocycles. The normalized spacial score (nSPS) is 12.0. The van der Waals surface area contributed by atoms with Gasteiger partial charge in [0.2, 0.25) is 0 Å². The highest BCUT2D eigenvalue weighted by Crippen LogP contribution is 2.37. The van der Waals surface area contributed by atoms with E-state index < -0.39 is 0 Å². The van der Waals surface area contributed by atoms with E-state index in [1.165, 1.54) is 6.07 Å². The van der Waals surface area contributed by atoms with Crippen LogP contribution >= 0.6 is 15.9 Å². The summed E-state index contributed by atoms with van der Waals surface area (Å²) >= 11 is 3.56. The quantitative estimate of drug-likeness (QED) is 0.596. The van der Waals surface area contributed by atoms with Crippen molar-refractivity contribution in [3.05, 3.63) is 57.8 Å². The summed E-state index contributed by atoms with van der Waals surface area (Å²) in [5.74, 6) is 0.984. The smallest absolute Gasteiger partial charge is 0.175 e. The van der Waals surface area contributed by atoms with Gasteiger partial charge in [-0.05, 0) is 60.0 Å². The molecular weight excluding hydrogens is 385 g/mol. The molecule has 2 aromatic rings. The number of hydrogen-bond donors (Lipinski definition) is 1. The molecular formula is C20H25BrFNO2. The van der Waals surface area contributed by atoms with Crippen LogP contribution in [0, 0.1) is 5.82 Å². The third kappa shape index (κ3) is 5.72. The molecule has 0 aliphatic rings. The van der Waals surface area contributed by atoms with Crippen LogP contribution < -0.4 is 14.8 Å². The second-order valence-electron chi connectivity index (χ2n) is 5.91. The fourth-order valence-corrected chi connectivity index (χ4v) is 2.93. The second kappa shape index (κ2) is 9.78. The van der Waals surface area contributed by atoms with Crippen molar-refractivity contribution in [1.29, 1.82) is 0 Å². The zero-order chi connectivity index (χ0) is 18.2. The third-order valence-electron chi connectivity index (χ3n) is 3.97. The molecule has 0 aliphatic carbocycles. The van der Waals surface area contributed by atoms with Gasteiger partial charge in [-0.15, -0.1) is 0 Å². The molecule has 0 radical (unpaired) electrons. The van der Waals surface area contributed by atoms with Crippen LogP contribution in [0.2, 0.25) is 0 Å². The Kier molecular flexibility index (Phi) is 7.72. The molecule has 2 rings (SSSR count). The second-order valence-corrected chi connectivity index (χ2v) is 6.76. The lowest BCUT2D eigenvalue weighted by molar-refractivity contribution is 0.264. The summed E-state index contributed by atoms with van der Waals surface area (Å²) < 4.78 is 26.2. The molecule has 0 saturated heterocycles. The first-order valence-corrected chi connectivity index (χ1v) is 9.39. The SMILES string of the molecule is CCOc1cc(CN[C@@H](C)CC)cc(Br)c1OCc1ccccc1F. The van der Waals surface area contributed by atoms with E-state index in [1.54, 1.807) is 18.2 Å². The van der Waals surface area contributed by atoms with Gasteiger partial charge >= 0.3 is 0 Å². The first kappa shape index (κ1) is 19.7. The van der Waals surface area contributed by atoms with Crippen LogP contribution in [0.1, 0.15) is 38.3 Å². The molecule has 0 fully saturated rings. The van der Waals surface area contributed by atoms with Crippen LogP contribution in [0.5, 0.6) is 11.5 Å². The number of benzene rings is 2. The number of hydrogen-bond acceptors (Lipinski definition) is 3. The Balaban J connectivity index is 2.17. The van der Waals surface area contributed by atoms with Crippen LogP contribution in [0.4, 0.5) is 4.39 Å². The molecule has 1 N–H and O–H groups in total. The van der Waals surface area contributed by atoms with Gasteiger partial charge in [0.05, 0.1) is 11.1 Å². The minimum Gasteiger partial charge on any atom is -0.490 e. The molecule has 1 atom stereocenters. The number of rotatable bonds is 9. The largest absolute Gasteiger partial charge is 0.490 e. The van der Waals surface area contributed by atoms with Crippen LogP contribution in [0.25, 0.3) is 0 Å². The Labute approximate surface area is 157 Å². The maximum atomic E-state index is 13.8. The standard InChI is InChI=1S/C20H25BrFNO2/c1-4-14(3)23-12-15-10-17(21)20(19(11-15)24-5-2)25-13-16-8-6-7-9-18(16)22/h6-11,14,23H,4-5,12-13H2,1-3H3/t14-/m0/s1. The Bertz CT molecular complexity index is 693. The molecule has 5 heteroatoms. The highest BCUT2D eigenvalue weighted by Gasteiger charge is 2.14. The molecule has 0 amide bonds. The van der Waals surface area contributed by atoms with Crippen LogP contribution in [-0.4, -0.2) is 12.6 Å². The van der Waals surface area contributed by atoms with Crippen molar-refractivity contribution in [1.82, 2.24) is 5.32 Å². The average molecular weight is 410 g/mol. The van der Waals surface area contributed by atoms with Crippen molar-refractivity contribution in [2.75, 3.05) is 6.61 Å². The average Bonchev–Trinajstić information content (AvgIpc) is 2.60. The lowest BCUT2D eigenvalue weighted by atomic mass is 10.1. The molecule has 0 saturated carbocycles. The first-order valence-electron chi connectivity index (χ1n) is 8.59. The molecule has 0 spiro atoms. The van der Waals surface area contributed by atoms with Crippen molar-refractivity contribution in [2.45, 2.75) is 46.4 Å². The van der Waals surface area contributed by atoms with Gasteiger partial charge in [-0.2, -0.15) is 0 Å². The number of ether oxygens (including phenoxy) is 2. The first-order chi connectivity index (χ1) is 12.0. The molecule has 0 unspecified atom stereocenters. The lowest BCUT2D eigenvalue weighted by Crippen LogP contribution is -2.24. The van der Waals surface area contributed by atoms with Crippen molar-refractivity contribution < 1.29 is 13.9 Å². The molecule has 0 bridgehead atoms. The van der Waals surface area contributed by atoms with Crippen molar-refractivity contribution in [3.8, 4) is 11.5 Å². The fraction of sp³-hybridized carbons (Fsp3) is 0.400. The zero-order valence-electron chi connectivity index (χ0n) is 14.9. The van der Waals surface area contributed by atoms with Crippen molar-refractivity contribution in [2.24, 2.45) is 0 Å². The van der Waals surface area contributed by atoms with E-state index in [1.807, 2.05) is 19.1 Å². The summed E-state index contributed by atoms with van der Waals surface area (Å²) in [5.41, 5.74) is 1.62. The topological polar surface area (TPSA) is 30.5 Å². The number of nitrogens with one attached hydrogen (secondary N) is 1. The molecule has 3 nitrogen and oxygen atoms in total. The van der Waals surface area contributed by atoms with Gasteiger partial charge in [-0.3, -0.25) is 0 Å².